The SMILES string of the molecule is CNCC1CN(c2ccc(C#N)cc2)CCN1. The number of nitriles is 1. The molecule has 2 rings (SSSR count). The molecule has 1 heterocycles. The van der Waals surface area contributed by atoms with Crippen molar-refractivity contribution >= 4 is 5.69 Å². The maximum atomic E-state index is 8.77. The Hall–Kier alpha value is -1.57. The van der Waals surface area contributed by atoms with E-state index in [1.165, 1.54) is 5.69 Å². The lowest BCUT2D eigenvalue weighted by Gasteiger charge is -2.35. The van der Waals surface area contributed by atoms with Crippen LogP contribution < -0.4 is 15.5 Å². The van der Waals surface area contributed by atoms with Gasteiger partial charge in [0.15, 0.2) is 0 Å². The van der Waals surface area contributed by atoms with Gasteiger partial charge in [-0.2, -0.15) is 5.26 Å². The minimum atomic E-state index is 0.490. The summed E-state index contributed by atoms with van der Waals surface area (Å²) in [5, 5.41) is 15.5. The van der Waals surface area contributed by atoms with Crippen LogP contribution in [-0.4, -0.2) is 39.3 Å². The molecule has 1 atom stereocenters. The van der Waals surface area contributed by atoms with Crippen molar-refractivity contribution < 1.29 is 0 Å². The summed E-state index contributed by atoms with van der Waals surface area (Å²) in [7, 11) is 1.97. The molecular weight excluding hydrogens is 212 g/mol. The molecule has 4 nitrogen and oxygen atoms in total. The summed E-state index contributed by atoms with van der Waals surface area (Å²) in [6.07, 6.45) is 0. The highest BCUT2D eigenvalue weighted by Crippen LogP contribution is 2.16. The Morgan fingerprint density at radius 1 is 1.47 bits per heavy atom. The largest absolute Gasteiger partial charge is 0.369 e. The summed E-state index contributed by atoms with van der Waals surface area (Å²) in [6, 6.07) is 10.5. The van der Waals surface area contributed by atoms with Gasteiger partial charge in [-0.15, -0.1) is 0 Å². The van der Waals surface area contributed by atoms with E-state index in [4.69, 9.17) is 5.26 Å². The van der Waals surface area contributed by atoms with Crippen LogP contribution in [0.1, 0.15) is 5.56 Å². The Morgan fingerprint density at radius 2 is 2.24 bits per heavy atom. The van der Waals surface area contributed by atoms with Gasteiger partial charge < -0.3 is 15.5 Å². The molecule has 0 amide bonds. The third-order valence-corrected chi connectivity index (χ3v) is 3.07. The number of rotatable bonds is 3. The average Bonchev–Trinajstić information content (AvgIpc) is 2.40. The molecule has 1 unspecified atom stereocenters. The zero-order valence-electron chi connectivity index (χ0n) is 10.1. The molecule has 0 bridgehead atoms. The van der Waals surface area contributed by atoms with E-state index >= 15 is 0 Å². The monoisotopic (exact) mass is 230 g/mol. The number of nitrogens with one attached hydrogen (secondary N) is 2. The summed E-state index contributed by atoms with van der Waals surface area (Å²) in [6.45, 7) is 4.01. The summed E-state index contributed by atoms with van der Waals surface area (Å²) in [4.78, 5) is 2.36. The molecule has 2 N–H and O–H groups in total. The normalized spacial score (nSPS) is 20.0. The highest BCUT2D eigenvalue weighted by atomic mass is 15.2. The molecule has 0 aromatic heterocycles. The fourth-order valence-electron chi connectivity index (χ4n) is 2.19. The second-order valence-corrected chi connectivity index (χ2v) is 4.31. The van der Waals surface area contributed by atoms with Crippen LogP contribution in [0, 0.1) is 11.3 Å². The zero-order chi connectivity index (χ0) is 12.1. The summed E-state index contributed by atoms with van der Waals surface area (Å²) in [5.41, 5.74) is 1.92. The lowest BCUT2D eigenvalue weighted by molar-refractivity contribution is 0.443. The van der Waals surface area contributed by atoms with Crippen LogP contribution in [0.25, 0.3) is 0 Å². The van der Waals surface area contributed by atoms with Gasteiger partial charge in [-0.05, 0) is 31.3 Å². The van der Waals surface area contributed by atoms with Gasteiger partial charge in [0.1, 0.15) is 0 Å². The number of anilines is 1. The molecule has 4 heteroatoms. The van der Waals surface area contributed by atoms with E-state index in [9.17, 15) is 0 Å². The van der Waals surface area contributed by atoms with Crippen LogP contribution >= 0.6 is 0 Å². The molecule has 1 aliphatic rings. The van der Waals surface area contributed by atoms with Crippen LogP contribution in [0.4, 0.5) is 5.69 Å². The first kappa shape index (κ1) is 11.9. The Bertz CT molecular complexity index is 391. The quantitative estimate of drug-likeness (QED) is 0.796. The van der Waals surface area contributed by atoms with Crippen molar-refractivity contribution in [3.63, 3.8) is 0 Å². The topological polar surface area (TPSA) is 51.1 Å². The van der Waals surface area contributed by atoms with Gasteiger partial charge in [-0.3, -0.25) is 0 Å². The van der Waals surface area contributed by atoms with E-state index < -0.39 is 0 Å². The Balaban J connectivity index is 2.03. The smallest absolute Gasteiger partial charge is 0.0991 e. The van der Waals surface area contributed by atoms with Crippen LogP contribution in [-0.2, 0) is 0 Å². The predicted molar refractivity (Wildman–Crippen MR) is 69.1 cm³/mol. The van der Waals surface area contributed by atoms with E-state index in [1.807, 2.05) is 31.3 Å². The number of benzene rings is 1. The molecular formula is C13H18N4. The standard InChI is InChI=1S/C13H18N4/c1-15-9-12-10-17(7-6-16-12)13-4-2-11(8-14)3-5-13/h2-5,12,15-16H,6-7,9-10H2,1H3. The van der Waals surface area contributed by atoms with Crippen molar-refractivity contribution in [3.8, 4) is 6.07 Å². The van der Waals surface area contributed by atoms with Gasteiger partial charge >= 0.3 is 0 Å². The molecule has 1 saturated heterocycles. The first-order valence-corrected chi connectivity index (χ1v) is 5.96. The maximum Gasteiger partial charge on any atom is 0.0991 e. The summed E-state index contributed by atoms with van der Waals surface area (Å²) in [5.74, 6) is 0. The second kappa shape index (κ2) is 5.67. The van der Waals surface area contributed by atoms with Gasteiger partial charge in [0.25, 0.3) is 0 Å². The fraction of sp³-hybridized carbons (Fsp3) is 0.462. The highest BCUT2D eigenvalue weighted by Gasteiger charge is 2.18. The molecule has 0 aliphatic carbocycles. The number of nitrogens with zero attached hydrogens (tertiary/aromatic N) is 2. The van der Waals surface area contributed by atoms with Gasteiger partial charge in [0.05, 0.1) is 11.6 Å². The lowest BCUT2D eigenvalue weighted by atomic mass is 10.1. The predicted octanol–water partition coefficient (Wildman–Crippen LogP) is 0.556. The average molecular weight is 230 g/mol. The highest BCUT2D eigenvalue weighted by molar-refractivity contribution is 5.50. The van der Waals surface area contributed by atoms with Crippen molar-refractivity contribution in [3.05, 3.63) is 29.8 Å². The van der Waals surface area contributed by atoms with E-state index in [1.54, 1.807) is 0 Å². The molecule has 1 aromatic rings. The Kier molecular flexibility index (Phi) is 3.97. The van der Waals surface area contributed by atoms with E-state index in [0.717, 1.165) is 31.7 Å². The van der Waals surface area contributed by atoms with Gasteiger partial charge in [-0.25, -0.2) is 0 Å². The van der Waals surface area contributed by atoms with Gasteiger partial charge in [0.2, 0.25) is 0 Å². The second-order valence-electron chi connectivity index (χ2n) is 4.31. The summed E-state index contributed by atoms with van der Waals surface area (Å²) >= 11 is 0. The summed E-state index contributed by atoms with van der Waals surface area (Å²) < 4.78 is 0. The molecule has 1 aliphatic heterocycles. The number of hydrogen-bond donors (Lipinski definition) is 2. The zero-order valence-corrected chi connectivity index (χ0v) is 10.1. The van der Waals surface area contributed by atoms with E-state index in [-0.39, 0.29) is 0 Å². The van der Waals surface area contributed by atoms with Crippen LogP contribution in [0.2, 0.25) is 0 Å². The van der Waals surface area contributed by atoms with Crippen molar-refractivity contribution in [2.45, 2.75) is 6.04 Å². The van der Waals surface area contributed by atoms with E-state index in [2.05, 4.69) is 21.6 Å². The first-order valence-electron chi connectivity index (χ1n) is 5.96. The molecule has 0 spiro atoms. The molecule has 90 valence electrons. The molecule has 17 heavy (non-hydrogen) atoms. The van der Waals surface area contributed by atoms with Crippen molar-refractivity contribution in [2.75, 3.05) is 38.1 Å². The third kappa shape index (κ3) is 2.96. The molecule has 1 aromatic carbocycles. The van der Waals surface area contributed by atoms with Crippen LogP contribution in [0.15, 0.2) is 24.3 Å². The number of piperazine rings is 1. The van der Waals surface area contributed by atoms with Crippen molar-refractivity contribution in [1.82, 2.24) is 10.6 Å². The van der Waals surface area contributed by atoms with Crippen molar-refractivity contribution in [1.29, 1.82) is 5.26 Å². The van der Waals surface area contributed by atoms with E-state index in [0.29, 0.717) is 6.04 Å². The lowest BCUT2D eigenvalue weighted by Crippen LogP contribution is -2.54. The molecule has 0 radical (unpaired) electrons. The number of hydrogen-bond acceptors (Lipinski definition) is 4. The third-order valence-electron chi connectivity index (χ3n) is 3.07. The fourth-order valence-corrected chi connectivity index (χ4v) is 2.19. The molecule has 0 saturated carbocycles. The Morgan fingerprint density at radius 3 is 2.88 bits per heavy atom. The van der Waals surface area contributed by atoms with Gasteiger partial charge in [-0.1, -0.05) is 0 Å². The minimum Gasteiger partial charge on any atom is -0.369 e. The Labute approximate surface area is 102 Å². The van der Waals surface area contributed by atoms with Crippen LogP contribution in [0.3, 0.4) is 0 Å². The van der Waals surface area contributed by atoms with Crippen LogP contribution in [0.5, 0.6) is 0 Å². The maximum absolute atomic E-state index is 8.77. The molecule has 1 fully saturated rings. The minimum absolute atomic E-state index is 0.490. The first-order chi connectivity index (χ1) is 8.33. The van der Waals surface area contributed by atoms with Crippen molar-refractivity contribution in [2.24, 2.45) is 0 Å². The van der Waals surface area contributed by atoms with Gasteiger partial charge in [0, 0.05) is 37.9 Å². The number of likely N-dealkylation sites (N-methyl/N-ethyl adjacent to an activating group) is 1.